The van der Waals surface area contributed by atoms with Crippen molar-refractivity contribution in [2.45, 2.75) is 44.9 Å². The van der Waals surface area contributed by atoms with E-state index in [0.29, 0.717) is 6.54 Å². The summed E-state index contributed by atoms with van der Waals surface area (Å²) in [5.41, 5.74) is 1.18. The molecule has 0 saturated carbocycles. The molecule has 4 heterocycles. The molecule has 32 heavy (non-hydrogen) atoms. The molecule has 4 rings (SSSR count). The topological polar surface area (TPSA) is 78.2 Å². The van der Waals surface area contributed by atoms with Crippen LogP contribution in [0.3, 0.4) is 0 Å². The van der Waals surface area contributed by atoms with E-state index in [1.165, 1.54) is 24.8 Å². The molecule has 2 aromatic rings. The number of piperidine rings is 1. The van der Waals surface area contributed by atoms with Crippen LogP contribution in [0.25, 0.3) is 0 Å². The van der Waals surface area contributed by atoms with Crippen molar-refractivity contribution in [2.24, 2.45) is 4.99 Å². The van der Waals surface area contributed by atoms with Crippen LogP contribution in [0.15, 0.2) is 46.1 Å². The van der Waals surface area contributed by atoms with Crippen molar-refractivity contribution >= 4 is 11.8 Å². The Bertz CT molecular complexity index is 850. The lowest BCUT2D eigenvalue weighted by Crippen LogP contribution is -2.44. The SMILES string of the molecule is CN=C(NCc1ccnc(N2CCOC(C)C2)c1)NCC(c1ccco1)N1CCCCC1. The van der Waals surface area contributed by atoms with Crippen LogP contribution in [0.1, 0.15) is 43.6 Å². The summed E-state index contributed by atoms with van der Waals surface area (Å²) in [5, 5.41) is 6.95. The molecule has 2 aliphatic rings. The van der Waals surface area contributed by atoms with E-state index in [4.69, 9.17) is 9.15 Å². The van der Waals surface area contributed by atoms with Crippen molar-refractivity contribution in [2.75, 3.05) is 51.3 Å². The van der Waals surface area contributed by atoms with Gasteiger partial charge in [0, 0.05) is 39.4 Å². The molecule has 2 N–H and O–H groups in total. The number of anilines is 1. The van der Waals surface area contributed by atoms with Crippen LogP contribution in [0, 0.1) is 0 Å². The summed E-state index contributed by atoms with van der Waals surface area (Å²) in [4.78, 5) is 13.8. The predicted octanol–water partition coefficient (Wildman–Crippen LogP) is 2.79. The van der Waals surface area contributed by atoms with Crippen molar-refractivity contribution in [3.05, 3.63) is 48.0 Å². The van der Waals surface area contributed by atoms with Gasteiger partial charge in [0.2, 0.25) is 0 Å². The number of hydrogen-bond donors (Lipinski definition) is 2. The Balaban J connectivity index is 1.33. The quantitative estimate of drug-likeness (QED) is 0.506. The average molecular weight is 441 g/mol. The number of furan rings is 1. The minimum atomic E-state index is 0.208. The number of nitrogens with zero attached hydrogens (tertiary/aromatic N) is 4. The zero-order valence-electron chi connectivity index (χ0n) is 19.3. The van der Waals surface area contributed by atoms with Gasteiger partial charge < -0.3 is 24.7 Å². The van der Waals surface area contributed by atoms with E-state index in [1.54, 1.807) is 6.26 Å². The standard InChI is InChI=1S/C24H36N6O2/c1-19-18-30(12-14-31-19)23-15-20(8-9-26-23)16-27-24(25-2)28-17-21(22-7-6-13-32-22)29-10-4-3-5-11-29/h6-9,13,15,19,21H,3-5,10-12,14,16-18H2,1-2H3,(H2,25,27,28). The Hall–Kier alpha value is -2.58. The molecule has 2 fully saturated rings. The molecule has 2 aromatic heterocycles. The summed E-state index contributed by atoms with van der Waals surface area (Å²) >= 11 is 0. The number of aromatic nitrogens is 1. The molecule has 2 unspecified atom stereocenters. The van der Waals surface area contributed by atoms with Crippen LogP contribution in [0.2, 0.25) is 0 Å². The monoisotopic (exact) mass is 440 g/mol. The first-order valence-corrected chi connectivity index (χ1v) is 11.8. The van der Waals surface area contributed by atoms with Crippen molar-refractivity contribution in [3.63, 3.8) is 0 Å². The van der Waals surface area contributed by atoms with Gasteiger partial charge in [0.05, 0.1) is 25.0 Å². The Kier molecular flexibility index (Phi) is 8.01. The smallest absolute Gasteiger partial charge is 0.191 e. The number of guanidine groups is 1. The zero-order chi connectivity index (χ0) is 22.2. The van der Waals surface area contributed by atoms with E-state index in [0.717, 1.165) is 56.9 Å². The largest absolute Gasteiger partial charge is 0.468 e. The van der Waals surface area contributed by atoms with Crippen LogP contribution < -0.4 is 15.5 Å². The highest BCUT2D eigenvalue weighted by molar-refractivity contribution is 5.79. The summed E-state index contributed by atoms with van der Waals surface area (Å²) in [6.45, 7) is 8.26. The highest BCUT2D eigenvalue weighted by atomic mass is 16.5. The highest BCUT2D eigenvalue weighted by Gasteiger charge is 2.24. The van der Waals surface area contributed by atoms with Crippen LogP contribution in [0.4, 0.5) is 5.82 Å². The predicted molar refractivity (Wildman–Crippen MR) is 127 cm³/mol. The lowest BCUT2D eigenvalue weighted by molar-refractivity contribution is 0.0529. The second-order valence-corrected chi connectivity index (χ2v) is 8.58. The van der Waals surface area contributed by atoms with Crippen molar-refractivity contribution < 1.29 is 9.15 Å². The molecular formula is C24H36N6O2. The van der Waals surface area contributed by atoms with E-state index in [1.807, 2.05) is 25.4 Å². The van der Waals surface area contributed by atoms with Gasteiger partial charge in [0.25, 0.3) is 0 Å². The van der Waals surface area contributed by atoms with Crippen molar-refractivity contribution in [3.8, 4) is 0 Å². The van der Waals surface area contributed by atoms with Gasteiger partial charge in [-0.25, -0.2) is 4.98 Å². The number of ether oxygens (including phenoxy) is 1. The molecular weight excluding hydrogens is 404 g/mol. The van der Waals surface area contributed by atoms with E-state index >= 15 is 0 Å². The fourth-order valence-corrected chi connectivity index (χ4v) is 4.49. The van der Waals surface area contributed by atoms with Crippen LogP contribution in [-0.4, -0.2) is 68.3 Å². The van der Waals surface area contributed by atoms with Crippen LogP contribution >= 0.6 is 0 Å². The minimum Gasteiger partial charge on any atom is -0.468 e. The zero-order valence-corrected chi connectivity index (χ0v) is 19.3. The van der Waals surface area contributed by atoms with Gasteiger partial charge in [-0.1, -0.05) is 6.42 Å². The first-order valence-electron chi connectivity index (χ1n) is 11.8. The summed E-state index contributed by atoms with van der Waals surface area (Å²) in [6.07, 6.45) is 7.68. The third-order valence-corrected chi connectivity index (χ3v) is 6.22. The maximum atomic E-state index is 5.76. The Labute approximate surface area is 191 Å². The van der Waals surface area contributed by atoms with Crippen LogP contribution in [-0.2, 0) is 11.3 Å². The number of likely N-dealkylation sites (tertiary alicyclic amines) is 1. The van der Waals surface area contributed by atoms with Gasteiger partial charge in [-0.15, -0.1) is 0 Å². The third-order valence-electron chi connectivity index (χ3n) is 6.22. The number of nitrogens with one attached hydrogen (secondary N) is 2. The average Bonchev–Trinajstić information content (AvgIpc) is 3.37. The summed E-state index contributed by atoms with van der Waals surface area (Å²) in [7, 11) is 1.81. The lowest BCUT2D eigenvalue weighted by Gasteiger charge is -2.33. The molecule has 8 nitrogen and oxygen atoms in total. The number of morpholine rings is 1. The third kappa shape index (κ3) is 6.01. The summed E-state index contributed by atoms with van der Waals surface area (Å²) in [6, 6.07) is 8.45. The van der Waals surface area contributed by atoms with Gasteiger partial charge >= 0.3 is 0 Å². The first kappa shape index (κ1) is 22.6. The molecule has 174 valence electrons. The maximum absolute atomic E-state index is 5.76. The molecule has 0 spiro atoms. The van der Waals surface area contributed by atoms with Gasteiger partial charge in [0.1, 0.15) is 11.6 Å². The lowest BCUT2D eigenvalue weighted by atomic mass is 10.1. The fraction of sp³-hybridized carbons (Fsp3) is 0.583. The molecule has 2 aliphatic heterocycles. The highest BCUT2D eigenvalue weighted by Crippen LogP contribution is 2.24. The Morgan fingerprint density at radius 1 is 1.22 bits per heavy atom. The van der Waals surface area contributed by atoms with Gasteiger partial charge in [-0.2, -0.15) is 0 Å². The first-order chi connectivity index (χ1) is 15.7. The molecule has 0 radical (unpaired) electrons. The molecule has 0 aliphatic carbocycles. The summed E-state index contributed by atoms with van der Waals surface area (Å²) in [5.74, 6) is 2.80. The van der Waals surface area contributed by atoms with E-state index in [9.17, 15) is 0 Å². The van der Waals surface area contributed by atoms with Gasteiger partial charge in [0.15, 0.2) is 5.96 Å². The second kappa shape index (κ2) is 11.3. The van der Waals surface area contributed by atoms with E-state index in [-0.39, 0.29) is 12.1 Å². The van der Waals surface area contributed by atoms with Gasteiger partial charge in [-0.05, 0) is 62.7 Å². The van der Waals surface area contributed by atoms with E-state index in [2.05, 4.69) is 49.5 Å². The number of pyridine rings is 1. The van der Waals surface area contributed by atoms with Gasteiger partial charge in [-0.3, -0.25) is 9.89 Å². The molecule has 0 aromatic carbocycles. The Morgan fingerprint density at radius 3 is 2.84 bits per heavy atom. The normalized spacial score (nSPS) is 21.4. The number of rotatable bonds is 7. The second-order valence-electron chi connectivity index (χ2n) is 8.58. The fourth-order valence-electron chi connectivity index (χ4n) is 4.49. The summed E-state index contributed by atoms with van der Waals surface area (Å²) < 4.78 is 11.4. The van der Waals surface area contributed by atoms with Crippen molar-refractivity contribution in [1.29, 1.82) is 0 Å². The Morgan fingerprint density at radius 2 is 2.09 bits per heavy atom. The molecule has 2 atom stereocenters. The number of hydrogen-bond acceptors (Lipinski definition) is 6. The number of aliphatic imine (C=N–C) groups is 1. The minimum absolute atomic E-state index is 0.208. The van der Waals surface area contributed by atoms with E-state index < -0.39 is 0 Å². The molecule has 2 saturated heterocycles. The maximum Gasteiger partial charge on any atom is 0.191 e. The molecule has 8 heteroatoms. The molecule has 0 bridgehead atoms. The molecule has 0 amide bonds. The van der Waals surface area contributed by atoms with Crippen molar-refractivity contribution in [1.82, 2.24) is 20.5 Å². The van der Waals surface area contributed by atoms with Crippen LogP contribution in [0.5, 0.6) is 0 Å².